The van der Waals surface area contributed by atoms with Gasteiger partial charge in [-0.25, -0.2) is 4.39 Å². The number of nitrogens with one attached hydrogen (secondary N) is 1. The molecule has 0 spiro atoms. The summed E-state index contributed by atoms with van der Waals surface area (Å²) < 4.78 is 20.4. The van der Waals surface area contributed by atoms with Gasteiger partial charge in [0, 0.05) is 4.88 Å². The summed E-state index contributed by atoms with van der Waals surface area (Å²) >= 11 is 2.75. The Balaban J connectivity index is 1.49. The molecule has 32 heavy (non-hydrogen) atoms. The Morgan fingerprint density at radius 1 is 1.25 bits per heavy atom. The van der Waals surface area contributed by atoms with Gasteiger partial charge in [-0.1, -0.05) is 36.0 Å². The highest BCUT2D eigenvalue weighted by Gasteiger charge is 2.20. The van der Waals surface area contributed by atoms with E-state index in [4.69, 9.17) is 4.74 Å². The molecule has 0 aliphatic carbocycles. The fraction of sp³-hybridized carbons (Fsp3) is 0.182. The minimum Gasteiger partial charge on any atom is -0.494 e. The van der Waals surface area contributed by atoms with Crippen LogP contribution < -0.4 is 10.1 Å². The van der Waals surface area contributed by atoms with Crippen molar-refractivity contribution in [3.63, 3.8) is 0 Å². The number of aryl methyl sites for hydroxylation is 1. The molecule has 1 atom stereocenters. The smallest absolute Gasteiger partial charge is 0.231 e. The number of halogens is 1. The molecule has 1 N–H and O–H groups in total. The van der Waals surface area contributed by atoms with E-state index in [1.165, 1.54) is 35.2 Å². The second kappa shape index (κ2) is 9.92. The van der Waals surface area contributed by atoms with Crippen molar-refractivity contribution in [2.75, 3.05) is 12.9 Å². The molecule has 0 radical (unpaired) electrons. The highest BCUT2D eigenvalue weighted by atomic mass is 32.2. The number of nitrogens with zero attached hydrogens (tertiary/aromatic N) is 4. The van der Waals surface area contributed by atoms with Crippen LogP contribution >= 0.6 is 23.1 Å². The molecule has 10 heteroatoms. The lowest BCUT2D eigenvalue weighted by molar-refractivity contribution is -0.119. The first-order chi connectivity index (χ1) is 15.5. The Morgan fingerprint density at radius 2 is 2.06 bits per heavy atom. The number of thioether (sulfide) groups is 1. The Bertz CT molecular complexity index is 1200. The normalized spacial score (nSPS) is 11.8. The molecule has 4 rings (SSSR count). The molecule has 0 fully saturated rings. The molecule has 0 aliphatic heterocycles. The number of carbonyl (C=O) groups excluding carboxylic acids is 1. The molecular formula is C22H20FN5O2S2. The van der Waals surface area contributed by atoms with E-state index in [0.717, 1.165) is 16.0 Å². The van der Waals surface area contributed by atoms with Crippen molar-refractivity contribution in [2.45, 2.75) is 18.1 Å². The molecule has 0 aliphatic rings. The number of benzene rings is 2. The van der Waals surface area contributed by atoms with Gasteiger partial charge >= 0.3 is 0 Å². The summed E-state index contributed by atoms with van der Waals surface area (Å²) in [5, 5.41) is 17.3. The van der Waals surface area contributed by atoms with E-state index in [9.17, 15) is 9.18 Å². The van der Waals surface area contributed by atoms with Gasteiger partial charge in [-0.05, 0) is 64.2 Å². The molecule has 7 nitrogen and oxygen atoms in total. The van der Waals surface area contributed by atoms with Gasteiger partial charge in [0.15, 0.2) is 0 Å². The summed E-state index contributed by atoms with van der Waals surface area (Å²) in [6.45, 7) is 1.97. The second-order valence-electron chi connectivity index (χ2n) is 6.90. The Morgan fingerprint density at radius 3 is 2.78 bits per heavy atom. The molecule has 0 saturated carbocycles. The zero-order valence-electron chi connectivity index (χ0n) is 17.4. The first-order valence-corrected chi connectivity index (χ1v) is 11.6. The Hall–Kier alpha value is -3.24. The van der Waals surface area contributed by atoms with E-state index in [-0.39, 0.29) is 23.5 Å². The molecule has 2 aromatic carbocycles. The molecule has 1 amide bonds. The van der Waals surface area contributed by atoms with Gasteiger partial charge in [-0.2, -0.15) is 4.68 Å². The van der Waals surface area contributed by atoms with Crippen molar-refractivity contribution < 1.29 is 13.9 Å². The molecule has 1 unspecified atom stereocenters. The predicted octanol–water partition coefficient (Wildman–Crippen LogP) is 4.18. The van der Waals surface area contributed by atoms with E-state index >= 15 is 0 Å². The zero-order chi connectivity index (χ0) is 22.5. The summed E-state index contributed by atoms with van der Waals surface area (Å²) in [5.41, 5.74) is 2.53. The van der Waals surface area contributed by atoms with Crippen molar-refractivity contribution in [1.82, 2.24) is 25.5 Å². The fourth-order valence-corrected chi connectivity index (χ4v) is 4.65. The van der Waals surface area contributed by atoms with Crippen LogP contribution in [0.2, 0.25) is 0 Å². The van der Waals surface area contributed by atoms with Crippen LogP contribution in [0.3, 0.4) is 0 Å². The average molecular weight is 470 g/mol. The van der Waals surface area contributed by atoms with Crippen molar-refractivity contribution in [3.05, 3.63) is 81.8 Å². The number of rotatable bonds is 8. The number of thiophene rings is 1. The lowest BCUT2D eigenvalue weighted by Crippen LogP contribution is -2.30. The standard InChI is InChI=1S/C22H20FN5O2S2/c1-14-5-10-18(30-2)17(12-14)28-22(25-26-27-28)32-13-20(29)24-21(19-4-3-11-31-19)15-6-8-16(23)9-7-15/h3-12,21H,13H2,1-2H3,(H,24,29). The van der Waals surface area contributed by atoms with E-state index in [2.05, 4.69) is 20.8 Å². The number of ether oxygens (including phenoxy) is 1. The number of methoxy groups -OCH3 is 1. The first kappa shape index (κ1) is 22.0. The fourth-order valence-electron chi connectivity index (χ4n) is 3.15. The summed E-state index contributed by atoms with van der Waals surface area (Å²) in [6.07, 6.45) is 0. The third-order valence-electron chi connectivity index (χ3n) is 4.67. The molecule has 0 saturated heterocycles. The van der Waals surface area contributed by atoms with Crippen LogP contribution in [-0.4, -0.2) is 39.0 Å². The average Bonchev–Trinajstić information content (AvgIpc) is 3.49. The van der Waals surface area contributed by atoms with Crippen molar-refractivity contribution in [1.29, 1.82) is 0 Å². The largest absolute Gasteiger partial charge is 0.494 e. The van der Waals surface area contributed by atoms with E-state index < -0.39 is 0 Å². The van der Waals surface area contributed by atoms with Gasteiger partial charge in [0.1, 0.15) is 17.3 Å². The SMILES string of the molecule is COc1ccc(C)cc1-n1nnnc1SCC(=O)NC(c1ccc(F)cc1)c1cccs1. The third-order valence-corrected chi connectivity index (χ3v) is 6.53. The van der Waals surface area contributed by atoms with Crippen LogP contribution in [0, 0.1) is 12.7 Å². The van der Waals surface area contributed by atoms with Crippen LogP contribution in [0.15, 0.2) is 65.1 Å². The van der Waals surface area contributed by atoms with Gasteiger partial charge < -0.3 is 10.1 Å². The monoisotopic (exact) mass is 469 g/mol. The maximum Gasteiger partial charge on any atom is 0.231 e. The van der Waals surface area contributed by atoms with Crippen LogP contribution in [0.25, 0.3) is 5.69 Å². The zero-order valence-corrected chi connectivity index (χ0v) is 19.0. The molecule has 2 heterocycles. The van der Waals surface area contributed by atoms with Crippen LogP contribution in [-0.2, 0) is 4.79 Å². The first-order valence-electron chi connectivity index (χ1n) is 9.69. The number of hydrogen-bond donors (Lipinski definition) is 1. The summed E-state index contributed by atoms with van der Waals surface area (Å²) in [7, 11) is 1.58. The number of amides is 1. The number of hydrogen-bond acceptors (Lipinski definition) is 7. The quantitative estimate of drug-likeness (QED) is 0.390. The minimum absolute atomic E-state index is 0.109. The second-order valence-corrected chi connectivity index (χ2v) is 8.83. The van der Waals surface area contributed by atoms with Crippen LogP contribution in [0.4, 0.5) is 4.39 Å². The Labute approximate surface area is 192 Å². The maximum atomic E-state index is 13.4. The van der Waals surface area contributed by atoms with E-state index in [1.54, 1.807) is 23.9 Å². The molecular weight excluding hydrogens is 449 g/mol. The summed E-state index contributed by atoms with van der Waals surface area (Å²) in [6, 6.07) is 15.3. The Kier molecular flexibility index (Phi) is 6.81. The lowest BCUT2D eigenvalue weighted by atomic mass is 10.1. The topological polar surface area (TPSA) is 81.9 Å². The summed E-state index contributed by atoms with van der Waals surface area (Å²) in [4.78, 5) is 13.8. The molecule has 2 aromatic heterocycles. The van der Waals surface area contributed by atoms with Crippen LogP contribution in [0.5, 0.6) is 5.75 Å². The highest BCUT2D eigenvalue weighted by Crippen LogP contribution is 2.28. The molecule has 4 aromatic rings. The summed E-state index contributed by atoms with van der Waals surface area (Å²) in [5.74, 6) is 0.225. The molecule has 164 valence electrons. The molecule has 0 bridgehead atoms. The van der Waals surface area contributed by atoms with E-state index in [0.29, 0.717) is 16.6 Å². The van der Waals surface area contributed by atoms with Gasteiger partial charge in [0.05, 0.1) is 18.9 Å². The van der Waals surface area contributed by atoms with Crippen molar-refractivity contribution in [2.24, 2.45) is 0 Å². The van der Waals surface area contributed by atoms with Gasteiger partial charge in [0.2, 0.25) is 11.1 Å². The number of carbonyl (C=O) groups is 1. The van der Waals surface area contributed by atoms with Gasteiger partial charge in [-0.3, -0.25) is 4.79 Å². The van der Waals surface area contributed by atoms with Gasteiger partial charge in [-0.15, -0.1) is 16.4 Å². The van der Waals surface area contributed by atoms with Crippen molar-refractivity contribution in [3.8, 4) is 11.4 Å². The minimum atomic E-state index is -0.364. The van der Waals surface area contributed by atoms with E-state index in [1.807, 2.05) is 42.6 Å². The lowest BCUT2D eigenvalue weighted by Gasteiger charge is -2.18. The number of aromatic nitrogens is 4. The third kappa shape index (κ3) is 4.97. The van der Waals surface area contributed by atoms with Gasteiger partial charge in [0.25, 0.3) is 0 Å². The predicted molar refractivity (Wildman–Crippen MR) is 122 cm³/mol. The maximum absolute atomic E-state index is 13.4. The van der Waals surface area contributed by atoms with Crippen molar-refractivity contribution >= 4 is 29.0 Å². The highest BCUT2D eigenvalue weighted by molar-refractivity contribution is 7.99. The van der Waals surface area contributed by atoms with Crippen LogP contribution in [0.1, 0.15) is 22.0 Å². The number of tetrazole rings is 1.